The smallest absolute Gasteiger partial charge is 0.451 e. The van der Waals surface area contributed by atoms with Crippen LogP contribution in [0.2, 0.25) is 6.32 Å². The molecule has 0 spiro atoms. The predicted octanol–water partition coefficient (Wildman–Crippen LogP) is 0.906. The molecule has 0 bridgehead atoms. The molecule has 0 radical (unpaired) electrons. The zero-order chi connectivity index (χ0) is 13.9. The normalized spacial score (nSPS) is 26.1. The quantitative estimate of drug-likeness (QED) is 0.491. The molecule has 136 valence electrons. The maximum Gasteiger partial charge on any atom is 0.451 e. The first-order chi connectivity index (χ1) is 8.25. The van der Waals surface area contributed by atoms with Crippen LogP contribution < -0.4 is 5.73 Å². The Balaban J connectivity index is -0.000000405. The van der Waals surface area contributed by atoms with Crippen molar-refractivity contribution in [3.63, 3.8) is 0 Å². The van der Waals surface area contributed by atoms with Crippen molar-refractivity contribution in [1.82, 2.24) is 4.90 Å². The second kappa shape index (κ2) is 12.9. The topological polar surface area (TPSA) is 107 Å². The lowest BCUT2D eigenvalue weighted by atomic mass is 9.80. The molecule has 5 N–H and O–H groups in total. The van der Waals surface area contributed by atoms with Gasteiger partial charge in [-0.2, -0.15) is 0 Å². The highest BCUT2D eigenvalue weighted by atomic mass is 35.5. The van der Waals surface area contributed by atoms with Crippen molar-refractivity contribution in [1.29, 1.82) is 0 Å². The summed E-state index contributed by atoms with van der Waals surface area (Å²) in [6.45, 7) is 0.640. The summed E-state index contributed by atoms with van der Waals surface area (Å²) in [5, 5.41) is 27.0. The van der Waals surface area contributed by atoms with E-state index in [0.29, 0.717) is 19.4 Å². The van der Waals surface area contributed by atoms with Gasteiger partial charge in [0.25, 0.3) is 0 Å². The van der Waals surface area contributed by atoms with Crippen molar-refractivity contribution in [3.8, 4) is 0 Å². The summed E-state index contributed by atoms with van der Waals surface area (Å²) in [5.41, 5.74) is 4.85. The third-order valence-electron chi connectivity index (χ3n) is 3.79. The summed E-state index contributed by atoms with van der Waals surface area (Å²) >= 11 is 0. The van der Waals surface area contributed by atoms with Gasteiger partial charge in [0.15, 0.2) is 0 Å². The van der Waals surface area contributed by atoms with Crippen molar-refractivity contribution in [2.24, 2.45) is 17.6 Å². The number of carboxylic acids is 1. The number of nitrogens with zero attached hydrogens (tertiary/aromatic N) is 1. The van der Waals surface area contributed by atoms with E-state index in [2.05, 4.69) is 0 Å². The van der Waals surface area contributed by atoms with Gasteiger partial charge in [0.05, 0.1) is 0 Å². The van der Waals surface area contributed by atoms with Crippen LogP contribution >= 0.6 is 49.6 Å². The summed E-state index contributed by atoms with van der Waals surface area (Å²) in [4.78, 5) is 13.3. The van der Waals surface area contributed by atoms with Crippen LogP contribution in [-0.2, 0) is 4.79 Å². The monoisotopic (exact) mass is 402 g/mol. The fraction of sp³-hybridized carbons (Fsp3) is 0.909. The van der Waals surface area contributed by atoms with E-state index in [1.807, 2.05) is 19.0 Å². The molecular formula is C11H27BCl4N2O4. The molecular weight excluding hydrogens is 377 g/mol. The van der Waals surface area contributed by atoms with E-state index < -0.39 is 18.6 Å². The molecule has 1 fully saturated rings. The molecule has 11 heteroatoms. The van der Waals surface area contributed by atoms with E-state index in [4.69, 9.17) is 15.8 Å². The summed E-state index contributed by atoms with van der Waals surface area (Å²) in [5.74, 6) is -0.898. The van der Waals surface area contributed by atoms with Gasteiger partial charge in [-0.1, -0.05) is 6.42 Å². The molecule has 0 aromatic heterocycles. The molecule has 0 amide bonds. The van der Waals surface area contributed by atoms with Gasteiger partial charge in [0, 0.05) is 12.5 Å². The molecule has 0 aliphatic heterocycles. The molecule has 0 saturated heterocycles. The average Bonchev–Trinajstić information content (AvgIpc) is 2.53. The van der Waals surface area contributed by atoms with Crippen molar-refractivity contribution >= 4 is 62.7 Å². The van der Waals surface area contributed by atoms with E-state index in [0.717, 1.165) is 6.42 Å². The van der Waals surface area contributed by atoms with E-state index in [9.17, 15) is 9.90 Å². The number of carboxylic acid groups (broad SMARTS) is 1. The van der Waals surface area contributed by atoms with Gasteiger partial charge in [0.1, 0.15) is 5.54 Å². The predicted molar refractivity (Wildman–Crippen MR) is 97.9 cm³/mol. The minimum atomic E-state index is -1.32. The van der Waals surface area contributed by atoms with Crippen LogP contribution in [0.5, 0.6) is 0 Å². The third-order valence-corrected chi connectivity index (χ3v) is 3.79. The first-order valence-corrected chi connectivity index (χ1v) is 6.29. The minimum Gasteiger partial charge on any atom is -0.480 e. The van der Waals surface area contributed by atoms with Crippen LogP contribution in [-0.4, -0.2) is 59.3 Å². The molecule has 0 heterocycles. The Morgan fingerprint density at radius 2 is 1.77 bits per heavy atom. The largest absolute Gasteiger partial charge is 0.480 e. The van der Waals surface area contributed by atoms with Gasteiger partial charge in [-0.3, -0.25) is 4.79 Å². The highest BCUT2D eigenvalue weighted by molar-refractivity contribution is 6.40. The maximum atomic E-state index is 11.4. The number of rotatable bonds is 6. The zero-order valence-corrected chi connectivity index (χ0v) is 15.9. The Morgan fingerprint density at radius 3 is 2.14 bits per heavy atom. The Kier molecular flexibility index (Phi) is 17.8. The lowest BCUT2D eigenvalue weighted by molar-refractivity contribution is -0.145. The van der Waals surface area contributed by atoms with Gasteiger partial charge in [-0.25, -0.2) is 0 Å². The van der Waals surface area contributed by atoms with Crippen molar-refractivity contribution < 1.29 is 19.9 Å². The van der Waals surface area contributed by atoms with Crippen LogP contribution in [0.15, 0.2) is 0 Å². The molecule has 22 heavy (non-hydrogen) atoms. The fourth-order valence-corrected chi connectivity index (χ4v) is 2.89. The second-order valence-corrected chi connectivity index (χ2v) is 5.67. The number of hydrogen-bond acceptors (Lipinski definition) is 5. The fourth-order valence-electron chi connectivity index (χ4n) is 2.89. The zero-order valence-electron chi connectivity index (χ0n) is 12.7. The average molecular weight is 404 g/mol. The van der Waals surface area contributed by atoms with Gasteiger partial charge in [-0.05, 0) is 39.2 Å². The number of hydrogen-bond donors (Lipinski definition) is 4. The summed E-state index contributed by atoms with van der Waals surface area (Å²) in [6.07, 6.45) is 2.02. The van der Waals surface area contributed by atoms with E-state index in [1.165, 1.54) is 0 Å². The number of halogens is 4. The van der Waals surface area contributed by atoms with Gasteiger partial charge >= 0.3 is 13.1 Å². The standard InChI is InChI=1S/C11H23BN2O4.4ClH/c1-14(2)7-9-5-8(3-4-12(17)18)6-11(9,13)10(15)16;;;;/h8-9,17-18H,3-7,13H2,1-2H3,(H,15,16);4*1H. The second-order valence-electron chi connectivity index (χ2n) is 5.67. The van der Waals surface area contributed by atoms with Crippen LogP contribution in [0.3, 0.4) is 0 Å². The molecule has 0 aromatic carbocycles. The van der Waals surface area contributed by atoms with Gasteiger partial charge < -0.3 is 25.8 Å². The molecule has 0 aromatic rings. The van der Waals surface area contributed by atoms with Crippen LogP contribution in [0.4, 0.5) is 0 Å². The van der Waals surface area contributed by atoms with Crippen LogP contribution in [0.25, 0.3) is 0 Å². The molecule has 3 unspecified atom stereocenters. The highest BCUT2D eigenvalue weighted by Crippen LogP contribution is 2.41. The third kappa shape index (κ3) is 8.40. The van der Waals surface area contributed by atoms with Crippen LogP contribution in [0, 0.1) is 11.8 Å². The summed E-state index contributed by atoms with van der Waals surface area (Å²) in [6, 6.07) is 0. The Morgan fingerprint density at radius 1 is 1.27 bits per heavy atom. The number of aliphatic carboxylic acids is 1. The minimum absolute atomic E-state index is 0. The van der Waals surface area contributed by atoms with Crippen molar-refractivity contribution in [2.75, 3.05) is 20.6 Å². The molecule has 1 saturated carbocycles. The first-order valence-electron chi connectivity index (χ1n) is 6.29. The number of carbonyl (C=O) groups is 1. The molecule has 1 rings (SSSR count). The maximum absolute atomic E-state index is 11.4. The highest BCUT2D eigenvalue weighted by Gasteiger charge is 2.49. The van der Waals surface area contributed by atoms with Gasteiger partial charge in [-0.15, -0.1) is 49.6 Å². The number of nitrogens with two attached hydrogens (primary N) is 1. The van der Waals surface area contributed by atoms with Crippen LogP contribution in [0.1, 0.15) is 19.3 Å². The lowest BCUT2D eigenvalue weighted by Crippen LogP contribution is -2.53. The molecule has 3 atom stereocenters. The Hall–Kier alpha value is 0.535. The lowest BCUT2D eigenvalue weighted by Gasteiger charge is -2.28. The van der Waals surface area contributed by atoms with Crippen molar-refractivity contribution in [2.45, 2.75) is 31.1 Å². The molecule has 6 nitrogen and oxygen atoms in total. The van der Waals surface area contributed by atoms with Gasteiger partial charge in [0.2, 0.25) is 0 Å². The summed E-state index contributed by atoms with van der Waals surface area (Å²) in [7, 11) is 2.47. The Bertz CT molecular complexity index is 316. The summed E-state index contributed by atoms with van der Waals surface area (Å²) < 4.78 is 0. The van der Waals surface area contributed by atoms with Crippen molar-refractivity contribution in [3.05, 3.63) is 0 Å². The SMILES string of the molecule is CN(C)CC1CC(CCB(O)O)CC1(N)C(=O)O.Cl.Cl.Cl.Cl. The van der Waals surface area contributed by atoms with E-state index in [-0.39, 0.29) is 67.8 Å². The Labute approximate surface area is 157 Å². The molecule has 1 aliphatic rings. The molecule has 1 aliphatic carbocycles. The van der Waals surface area contributed by atoms with E-state index in [1.54, 1.807) is 0 Å². The van der Waals surface area contributed by atoms with E-state index >= 15 is 0 Å². The first kappa shape index (κ1) is 30.4.